The summed E-state index contributed by atoms with van der Waals surface area (Å²) >= 11 is 5.94. The van der Waals surface area contributed by atoms with Gasteiger partial charge in [0.1, 0.15) is 5.58 Å². The maximum absolute atomic E-state index is 12.4. The fourth-order valence-corrected chi connectivity index (χ4v) is 2.79. The van der Waals surface area contributed by atoms with Crippen molar-refractivity contribution < 1.29 is 18.7 Å². The minimum absolute atomic E-state index is 0.187. The summed E-state index contributed by atoms with van der Waals surface area (Å²) in [7, 11) is 0. The molecule has 0 fully saturated rings. The van der Waals surface area contributed by atoms with Crippen LogP contribution in [-0.4, -0.2) is 18.5 Å². The number of halogens is 1. The Morgan fingerprint density at radius 3 is 2.59 bits per heavy atom. The number of hydrogen-bond acceptors (Lipinski definition) is 4. The molecule has 0 unspecified atom stereocenters. The SMILES string of the molecule is CCCCCOC(=O)c1ccc(NC(=O)c2cc3cc(Cl)ccc3o2)cc1. The summed E-state index contributed by atoms with van der Waals surface area (Å²) in [5.41, 5.74) is 1.59. The molecule has 0 bridgehead atoms. The molecule has 0 aliphatic carbocycles. The fraction of sp³-hybridized carbons (Fsp3) is 0.238. The normalized spacial score (nSPS) is 10.7. The number of amides is 1. The van der Waals surface area contributed by atoms with Crippen LogP contribution < -0.4 is 5.32 Å². The molecule has 1 heterocycles. The molecule has 6 heteroatoms. The molecule has 140 valence electrons. The summed E-state index contributed by atoms with van der Waals surface area (Å²) < 4.78 is 10.7. The Labute approximate surface area is 162 Å². The van der Waals surface area contributed by atoms with Gasteiger partial charge in [0, 0.05) is 16.1 Å². The quantitative estimate of drug-likeness (QED) is 0.419. The van der Waals surface area contributed by atoms with E-state index in [0.29, 0.717) is 28.5 Å². The Bertz CT molecular complexity index is 946. The van der Waals surface area contributed by atoms with Crippen LogP contribution in [0.15, 0.2) is 52.9 Å². The zero-order chi connectivity index (χ0) is 19.2. The lowest BCUT2D eigenvalue weighted by Gasteiger charge is -2.06. The lowest BCUT2D eigenvalue weighted by atomic mass is 10.2. The number of esters is 1. The van der Waals surface area contributed by atoms with Gasteiger partial charge in [0.25, 0.3) is 5.91 Å². The highest BCUT2D eigenvalue weighted by atomic mass is 35.5. The average Bonchev–Trinajstić information content (AvgIpc) is 3.09. The third-order valence-electron chi connectivity index (χ3n) is 4.06. The molecule has 0 atom stereocenters. The number of unbranched alkanes of at least 4 members (excludes halogenated alkanes) is 2. The van der Waals surface area contributed by atoms with Gasteiger partial charge in [-0.2, -0.15) is 0 Å². The van der Waals surface area contributed by atoms with Crippen LogP contribution in [-0.2, 0) is 4.74 Å². The molecule has 3 aromatic rings. The molecular formula is C21H20ClNO4. The van der Waals surface area contributed by atoms with E-state index in [1.807, 2.05) is 0 Å². The highest BCUT2D eigenvalue weighted by molar-refractivity contribution is 6.31. The predicted molar refractivity (Wildman–Crippen MR) is 105 cm³/mol. The van der Waals surface area contributed by atoms with E-state index < -0.39 is 0 Å². The van der Waals surface area contributed by atoms with Gasteiger partial charge in [-0.1, -0.05) is 31.4 Å². The van der Waals surface area contributed by atoms with Crippen LogP contribution in [0.2, 0.25) is 5.02 Å². The monoisotopic (exact) mass is 385 g/mol. The molecule has 1 N–H and O–H groups in total. The van der Waals surface area contributed by atoms with E-state index in [1.54, 1.807) is 48.5 Å². The van der Waals surface area contributed by atoms with Crippen LogP contribution in [0.4, 0.5) is 5.69 Å². The highest BCUT2D eigenvalue weighted by Crippen LogP contribution is 2.23. The summed E-state index contributed by atoms with van der Waals surface area (Å²) in [5, 5.41) is 4.08. The molecule has 0 saturated carbocycles. The van der Waals surface area contributed by atoms with Gasteiger partial charge in [0.15, 0.2) is 5.76 Å². The molecular weight excluding hydrogens is 366 g/mol. The van der Waals surface area contributed by atoms with Crippen molar-refractivity contribution in [2.75, 3.05) is 11.9 Å². The van der Waals surface area contributed by atoms with Crippen molar-refractivity contribution in [2.45, 2.75) is 26.2 Å². The molecule has 0 spiro atoms. The first-order chi connectivity index (χ1) is 13.1. The second-order valence-electron chi connectivity index (χ2n) is 6.17. The lowest BCUT2D eigenvalue weighted by molar-refractivity contribution is 0.0498. The van der Waals surface area contributed by atoms with Crippen LogP contribution in [0.1, 0.15) is 47.1 Å². The minimum Gasteiger partial charge on any atom is -0.462 e. The Hall–Kier alpha value is -2.79. The average molecular weight is 386 g/mol. The second-order valence-corrected chi connectivity index (χ2v) is 6.60. The van der Waals surface area contributed by atoms with Gasteiger partial charge in [0.2, 0.25) is 0 Å². The summed E-state index contributed by atoms with van der Waals surface area (Å²) in [4.78, 5) is 24.3. The molecule has 0 aliphatic heterocycles. The van der Waals surface area contributed by atoms with Crippen LogP contribution in [0.3, 0.4) is 0 Å². The van der Waals surface area contributed by atoms with Crippen molar-refractivity contribution in [2.24, 2.45) is 0 Å². The van der Waals surface area contributed by atoms with Crippen LogP contribution >= 0.6 is 11.6 Å². The molecule has 0 saturated heterocycles. The van der Waals surface area contributed by atoms with Crippen molar-refractivity contribution in [3.8, 4) is 0 Å². The van der Waals surface area contributed by atoms with Gasteiger partial charge in [-0.3, -0.25) is 4.79 Å². The first-order valence-electron chi connectivity index (χ1n) is 8.84. The summed E-state index contributed by atoms with van der Waals surface area (Å²) in [6.07, 6.45) is 2.97. The maximum atomic E-state index is 12.4. The number of rotatable bonds is 7. The number of nitrogens with one attached hydrogen (secondary N) is 1. The van der Waals surface area contributed by atoms with E-state index >= 15 is 0 Å². The molecule has 27 heavy (non-hydrogen) atoms. The Kier molecular flexibility index (Phi) is 6.14. The van der Waals surface area contributed by atoms with E-state index in [0.717, 1.165) is 24.6 Å². The van der Waals surface area contributed by atoms with E-state index in [1.165, 1.54) is 0 Å². The first kappa shape index (κ1) is 19.0. The van der Waals surface area contributed by atoms with Crippen molar-refractivity contribution in [3.05, 3.63) is 64.9 Å². The number of hydrogen-bond donors (Lipinski definition) is 1. The number of carbonyl (C=O) groups is 2. The molecule has 5 nitrogen and oxygen atoms in total. The zero-order valence-electron chi connectivity index (χ0n) is 15.0. The number of ether oxygens (including phenoxy) is 1. The largest absolute Gasteiger partial charge is 0.462 e. The smallest absolute Gasteiger partial charge is 0.338 e. The van der Waals surface area contributed by atoms with E-state index in [4.69, 9.17) is 20.8 Å². The fourth-order valence-electron chi connectivity index (χ4n) is 2.61. The second kappa shape index (κ2) is 8.73. The summed E-state index contributed by atoms with van der Waals surface area (Å²) in [5.74, 6) is -0.554. The van der Waals surface area contributed by atoms with Gasteiger partial charge < -0.3 is 14.5 Å². The molecule has 3 rings (SSSR count). The Morgan fingerprint density at radius 1 is 1.07 bits per heavy atom. The van der Waals surface area contributed by atoms with Gasteiger partial charge in [0.05, 0.1) is 12.2 Å². The lowest BCUT2D eigenvalue weighted by Crippen LogP contribution is -2.11. The van der Waals surface area contributed by atoms with Gasteiger partial charge in [-0.15, -0.1) is 0 Å². The predicted octanol–water partition coefficient (Wildman–Crippen LogP) is 5.69. The van der Waals surface area contributed by atoms with Crippen LogP contribution in [0.25, 0.3) is 11.0 Å². The zero-order valence-corrected chi connectivity index (χ0v) is 15.7. The Morgan fingerprint density at radius 2 is 1.85 bits per heavy atom. The molecule has 0 aliphatic rings. The van der Waals surface area contributed by atoms with Crippen molar-refractivity contribution >= 4 is 40.1 Å². The summed E-state index contributed by atoms with van der Waals surface area (Å²) in [6, 6.07) is 13.3. The third kappa shape index (κ3) is 4.89. The van der Waals surface area contributed by atoms with E-state index in [2.05, 4.69) is 12.2 Å². The molecule has 2 aromatic carbocycles. The number of anilines is 1. The van der Waals surface area contributed by atoms with E-state index in [9.17, 15) is 9.59 Å². The van der Waals surface area contributed by atoms with E-state index in [-0.39, 0.29) is 17.6 Å². The van der Waals surface area contributed by atoms with Gasteiger partial charge >= 0.3 is 5.97 Å². The molecule has 1 amide bonds. The molecule has 1 aromatic heterocycles. The van der Waals surface area contributed by atoms with Gasteiger partial charge in [-0.05, 0) is 55.0 Å². The van der Waals surface area contributed by atoms with Gasteiger partial charge in [-0.25, -0.2) is 4.79 Å². The van der Waals surface area contributed by atoms with Crippen LogP contribution in [0.5, 0.6) is 0 Å². The first-order valence-corrected chi connectivity index (χ1v) is 9.22. The third-order valence-corrected chi connectivity index (χ3v) is 4.30. The number of benzene rings is 2. The number of furan rings is 1. The summed E-state index contributed by atoms with van der Waals surface area (Å²) in [6.45, 7) is 2.51. The van der Waals surface area contributed by atoms with Crippen molar-refractivity contribution in [3.63, 3.8) is 0 Å². The number of fused-ring (bicyclic) bond motifs is 1. The number of carbonyl (C=O) groups excluding carboxylic acids is 2. The standard InChI is InChI=1S/C21H20ClNO4/c1-2-3-4-11-26-21(25)14-5-8-17(9-6-14)23-20(24)19-13-15-12-16(22)7-10-18(15)27-19/h5-10,12-13H,2-4,11H2,1H3,(H,23,24). The van der Waals surface area contributed by atoms with Crippen molar-refractivity contribution in [1.29, 1.82) is 0 Å². The minimum atomic E-state index is -0.378. The topological polar surface area (TPSA) is 68.5 Å². The van der Waals surface area contributed by atoms with Crippen molar-refractivity contribution in [1.82, 2.24) is 0 Å². The Balaban J connectivity index is 1.61. The van der Waals surface area contributed by atoms with Crippen LogP contribution in [0, 0.1) is 0 Å². The highest BCUT2D eigenvalue weighted by Gasteiger charge is 2.13. The maximum Gasteiger partial charge on any atom is 0.338 e. The molecule has 0 radical (unpaired) electrons.